The summed E-state index contributed by atoms with van der Waals surface area (Å²) in [6, 6.07) is 6.42. The fourth-order valence-corrected chi connectivity index (χ4v) is 3.38. The molecular weight excluding hydrogens is 456 g/mol. The number of aromatic nitrogens is 6. The average Bonchev–Trinajstić information content (AvgIpc) is 3.50. The molecule has 2 unspecified atom stereocenters. The van der Waals surface area contributed by atoms with Crippen LogP contribution in [0.5, 0.6) is 0 Å². The lowest BCUT2D eigenvalue weighted by Gasteiger charge is -2.22. The molecule has 0 saturated heterocycles. The monoisotopic (exact) mass is 476 g/mol. The van der Waals surface area contributed by atoms with Crippen LogP contribution in [0.2, 0.25) is 0 Å². The molecule has 178 valence electrons. The Balaban J connectivity index is 1.44. The fourth-order valence-electron chi connectivity index (χ4n) is 3.38. The van der Waals surface area contributed by atoms with E-state index >= 15 is 0 Å². The van der Waals surface area contributed by atoms with Gasteiger partial charge in [0.05, 0.1) is 26.3 Å². The second kappa shape index (κ2) is 11.0. The third kappa shape index (κ3) is 6.02. The van der Waals surface area contributed by atoms with Crippen LogP contribution in [0.3, 0.4) is 0 Å². The summed E-state index contributed by atoms with van der Waals surface area (Å²) in [6.45, 7) is 0.231. The minimum absolute atomic E-state index is 0.00709. The second-order valence-corrected chi connectivity index (χ2v) is 7.29. The first-order chi connectivity index (χ1) is 16.5. The van der Waals surface area contributed by atoms with Crippen molar-refractivity contribution in [3.8, 4) is 0 Å². The summed E-state index contributed by atoms with van der Waals surface area (Å²) in [4.78, 5) is 7.70. The van der Waals surface area contributed by atoms with E-state index < -0.39 is 35.5 Å². The number of benzene rings is 2. The van der Waals surface area contributed by atoms with Crippen molar-refractivity contribution in [3.63, 3.8) is 0 Å². The maximum Gasteiger partial charge on any atom is 0.137 e. The van der Waals surface area contributed by atoms with Gasteiger partial charge >= 0.3 is 0 Å². The van der Waals surface area contributed by atoms with Gasteiger partial charge in [0.15, 0.2) is 0 Å². The number of rotatable bonds is 11. The molecular formula is C22H20F4N6O2. The number of nitrogens with zero attached hydrogens (tertiary/aromatic N) is 6. The summed E-state index contributed by atoms with van der Waals surface area (Å²) in [6.07, 6.45) is 3.91. The van der Waals surface area contributed by atoms with Gasteiger partial charge in [0.2, 0.25) is 0 Å². The molecule has 34 heavy (non-hydrogen) atoms. The van der Waals surface area contributed by atoms with Crippen molar-refractivity contribution in [2.45, 2.75) is 25.3 Å². The molecule has 4 rings (SSSR count). The lowest BCUT2D eigenvalue weighted by atomic mass is 10.1. The highest BCUT2D eigenvalue weighted by Gasteiger charge is 2.21. The third-order valence-corrected chi connectivity index (χ3v) is 4.98. The maximum atomic E-state index is 14.4. The minimum Gasteiger partial charge on any atom is -0.369 e. The average molecular weight is 476 g/mol. The summed E-state index contributed by atoms with van der Waals surface area (Å²) in [7, 11) is 0. The standard InChI is InChI=1S/C22H20F4N6O2/c23-15-1-3-17(19(25)7-15)21(9-31-13-27-11-29-31)33-5-6-34-22(10-32-14-28-12-30-32)18-4-2-16(24)8-20(18)26/h1-4,7-8,11-14,21-22H,5-6,9-10H2. The predicted octanol–water partition coefficient (Wildman–Crippen LogP) is 3.64. The van der Waals surface area contributed by atoms with Gasteiger partial charge in [-0.1, -0.05) is 12.1 Å². The number of hydrogen-bond acceptors (Lipinski definition) is 6. The van der Waals surface area contributed by atoms with E-state index in [0.717, 1.165) is 24.3 Å². The van der Waals surface area contributed by atoms with Crippen LogP contribution in [0.25, 0.3) is 0 Å². The van der Waals surface area contributed by atoms with E-state index in [0.29, 0.717) is 0 Å². The van der Waals surface area contributed by atoms with Gasteiger partial charge in [-0.15, -0.1) is 0 Å². The number of ether oxygens (including phenoxy) is 2. The first kappa shape index (κ1) is 23.5. The Morgan fingerprint density at radius 2 is 1.12 bits per heavy atom. The van der Waals surface area contributed by atoms with Gasteiger partial charge in [-0.25, -0.2) is 27.5 Å². The SMILES string of the molecule is Fc1ccc(C(Cn2cncn2)OCCOC(Cn2cncn2)c2ccc(F)cc2F)c(F)c1. The fraction of sp³-hybridized carbons (Fsp3) is 0.273. The van der Waals surface area contributed by atoms with E-state index in [-0.39, 0.29) is 37.4 Å². The van der Waals surface area contributed by atoms with Gasteiger partial charge in [-0.2, -0.15) is 10.2 Å². The van der Waals surface area contributed by atoms with E-state index in [1.807, 2.05) is 0 Å². The molecule has 0 radical (unpaired) electrons. The third-order valence-electron chi connectivity index (χ3n) is 4.98. The Morgan fingerprint density at radius 1 is 0.676 bits per heavy atom. The van der Waals surface area contributed by atoms with Gasteiger partial charge in [0.25, 0.3) is 0 Å². The normalized spacial score (nSPS) is 13.2. The van der Waals surface area contributed by atoms with Crippen molar-refractivity contribution < 1.29 is 27.0 Å². The molecule has 0 N–H and O–H groups in total. The largest absolute Gasteiger partial charge is 0.369 e. The Hall–Kier alpha value is -3.64. The minimum atomic E-state index is -0.817. The first-order valence-electron chi connectivity index (χ1n) is 10.3. The van der Waals surface area contributed by atoms with E-state index in [9.17, 15) is 17.6 Å². The van der Waals surface area contributed by atoms with Crippen molar-refractivity contribution in [2.24, 2.45) is 0 Å². The van der Waals surface area contributed by atoms with Crippen molar-refractivity contribution in [1.29, 1.82) is 0 Å². The van der Waals surface area contributed by atoms with Crippen LogP contribution in [0.1, 0.15) is 23.3 Å². The van der Waals surface area contributed by atoms with Crippen LogP contribution < -0.4 is 0 Å². The summed E-state index contributed by atoms with van der Waals surface area (Å²) in [5, 5.41) is 7.99. The summed E-state index contributed by atoms with van der Waals surface area (Å²) >= 11 is 0. The van der Waals surface area contributed by atoms with Crippen LogP contribution in [-0.2, 0) is 22.6 Å². The summed E-state index contributed by atoms with van der Waals surface area (Å²) < 4.78 is 70.1. The molecule has 0 aliphatic heterocycles. The van der Waals surface area contributed by atoms with Crippen molar-refractivity contribution in [1.82, 2.24) is 29.5 Å². The lowest BCUT2D eigenvalue weighted by Crippen LogP contribution is -2.20. The Labute approximate surface area is 191 Å². The lowest BCUT2D eigenvalue weighted by molar-refractivity contribution is -0.0365. The molecule has 0 aliphatic rings. The molecule has 2 aromatic carbocycles. The molecule has 0 fully saturated rings. The first-order valence-corrected chi connectivity index (χ1v) is 10.3. The molecule has 0 saturated carbocycles. The molecule has 0 aliphatic carbocycles. The second-order valence-electron chi connectivity index (χ2n) is 7.29. The van der Waals surface area contributed by atoms with Gasteiger partial charge in [0.1, 0.15) is 60.8 Å². The molecule has 2 heterocycles. The molecule has 0 amide bonds. The zero-order valence-corrected chi connectivity index (χ0v) is 17.8. The molecule has 12 heteroatoms. The van der Waals surface area contributed by atoms with Crippen LogP contribution in [0, 0.1) is 23.3 Å². The zero-order chi connectivity index (χ0) is 23.9. The van der Waals surface area contributed by atoms with Gasteiger partial charge in [-0.3, -0.25) is 9.36 Å². The van der Waals surface area contributed by atoms with E-state index in [2.05, 4.69) is 20.2 Å². The van der Waals surface area contributed by atoms with Crippen molar-refractivity contribution >= 4 is 0 Å². The smallest absolute Gasteiger partial charge is 0.137 e. The van der Waals surface area contributed by atoms with E-state index in [1.54, 1.807) is 0 Å². The summed E-state index contributed by atoms with van der Waals surface area (Å²) in [5.41, 5.74) is 0.279. The van der Waals surface area contributed by atoms with Gasteiger partial charge in [-0.05, 0) is 12.1 Å². The van der Waals surface area contributed by atoms with Crippen molar-refractivity contribution in [3.05, 3.63) is 96.1 Å². The number of halogens is 4. The highest BCUT2D eigenvalue weighted by molar-refractivity contribution is 5.22. The molecule has 0 bridgehead atoms. The van der Waals surface area contributed by atoms with Crippen LogP contribution >= 0.6 is 0 Å². The van der Waals surface area contributed by atoms with Crippen molar-refractivity contribution in [2.75, 3.05) is 13.2 Å². The quantitative estimate of drug-likeness (QED) is 0.243. The van der Waals surface area contributed by atoms with Gasteiger partial charge < -0.3 is 9.47 Å². The number of hydrogen-bond donors (Lipinski definition) is 0. The molecule has 4 aromatic rings. The molecule has 2 atom stereocenters. The Kier molecular flexibility index (Phi) is 7.60. The summed E-state index contributed by atoms with van der Waals surface area (Å²) in [5.74, 6) is -2.94. The van der Waals surface area contributed by atoms with Crippen LogP contribution in [0.15, 0.2) is 61.7 Å². The van der Waals surface area contributed by atoms with Crippen LogP contribution in [-0.4, -0.2) is 42.7 Å². The highest BCUT2D eigenvalue weighted by Crippen LogP contribution is 2.25. The van der Waals surface area contributed by atoms with Gasteiger partial charge in [0, 0.05) is 23.3 Å². The highest BCUT2D eigenvalue weighted by atomic mass is 19.1. The van der Waals surface area contributed by atoms with E-state index in [1.165, 1.54) is 46.8 Å². The Morgan fingerprint density at radius 3 is 1.47 bits per heavy atom. The predicted molar refractivity (Wildman–Crippen MR) is 110 cm³/mol. The maximum absolute atomic E-state index is 14.4. The molecule has 2 aromatic heterocycles. The Bertz CT molecular complexity index is 1100. The topological polar surface area (TPSA) is 79.9 Å². The zero-order valence-electron chi connectivity index (χ0n) is 17.8. The molecule has 0 spiro atoms. The van der Waals surface area contributed by atoms with E-state index in [4.69, 9.17) is 9.47 Å². The molecule has 8 nitrogen and oxygen atoms in total. The van der Waals surface area contributed by atoms with Crippen LogP contribution in [0.4, 0.5) is 17.6 Å².